The van der Waals surface area contributed by atoms with E-state index >= 15 is 0 Å². The highest BCUT2D eigenvalue weighted by atomic mass is 19.1. The molecule has 1 aromatic rings. The molecule has 0 spiro atoms. The van der Waals surface area contributed by atoms with Crippen LogP contribution in [-0.2, 0) is 4.74 Å². The van der Waals surface area contributed by atoms with Gasteiger partial charge in [-0.3, -0.25) is 0 Å². The number of hydrogen-bond acceptors (Lipinski definition) is 7. The van der Waals surface area contributed by atoms with E-state index in [4.69, 9.17) is 9.84 Å². The monoisotopic (exact) mass is 277 g/mol. The zero-order valence-electron chi connectivity index (χ0n) is 9.53. The molecule has 9 nitrogen and oxygen atoms in total. The summed E-state index contributed by atoms with van der Waals surface area (Å²) in [5.41, 5.74) is 0. The number of nitrogens with zero attached hydrogens (tertiary/aromatic N) is 3. The molecule has 0 aromatic carbocycles. The fourth-order valence-corrected chi connectivity index (χ4v) is 1.93. The van der Waals surface area contributed by atoms with Crippen LogP contribution in [-0.4, -0.2) is 60.9 Å². The summed E-state index contributed by atoms with van der Waals surface area (Å²) in [5, 5.41) is 38.9. The Morgan fingerprint density at radius 1 is 1.53 bits per heavy atom. The Bertz CT molecular complexity index is 467. The number of alkyl halides is 1. The lowest BCUT2D eigenvalue weighted by molar-refractivity contribution is -0.400. The van der Waals surface area contributed by atoms with Crippen LogP contribution in [0, 0.1) is 10.1 Å². The molecule has 0 bridgehead atoms. The van der Waals surface area contributed by atoms with Gasteiger partial charge in [0.15, 0.2) is 6.17 Å². The van der Waals surface area contributed by atoms with Gasteiger partial charge in [0, 0.05) is 0 Å². The normalized spacial score (nSPS) is 35.3. The number of imidazole rings is 1. The third-order valence-corrected chi connectivity index (χ3v) is 2.90. The van der Waals surface area contributed by atoms with Gasteiger partial charge in [0.1, 0.15) is 30.7 Å². The van der Waals surface area contributed by atoms with Crippen LogP contribution in [0.1, 0.15) is 6.23 Å². The summed E-state index contributed by atoms with van der Waals surface area (Å²) >= 11 is 0. The summed E-state index contributed by atoms with van der Waals surface area (Å²) in [7, 11) is 0. The van der Waals surface area contributed by atoms with Gasteiger partial charge in [-0.2, -0.15) is 4.57 Å². The second-order valence-corrected chi connectivity index (χ2v) is 4.06. The molecular formula is C9H12FN3O6. The van der Waals surface area contributed by atoms with Gasteiger partial charge >= 0.3 is 5.95 Å². The highest BCUT2D eigenvalue weighted by molar-refractivity contribution is 5.09. The van der Waals surface area contributed by atoms with Crippen LogP contribution in [0.4, 0.5) is 10.3 Å². The molecule has 2 rings (SSSR count). The molecule has 1 fully saturated rings. The second-order valence-electron chi connectivity index (χ2n) is 4.06. The number of aromatic nitrogens is 2. The van der Waals surface area contributed by atoms with E-state index in [1.807, 2.05) is 0 Å². The van der Waals surface area contributed by atoms with Gasteiger partial charge in [-0.15, -0.1) is 0 Å². The molecule has 0 saturated carbocycles. The van der Waals surface area contributed by atoms with Crippen molar-refractivity contribution in [3.8, 4) is 0 Å². The SMILES string of the molecule is O=[N+]([O-])c1nccn1[C@@H]1OC(CO)[C@@H](F)C(O)C1O. The van der Waals surface area contributed by atoms with Crippen molar-refractivity contribution in [2.45, 2.75) is 30.7 Å². The topological polar surface area (TPSA) is 131 Å². The molecule has 1 saturated heterocycles. The van der Waals surface area contributed by atoms with E-state index in [0.717, 1.165) is 17.0 Å². The lowest BCUT2D eigenvalue weighted by Gasteiger charge is -2.37. The van der Waals surface area contributed by atoms with Crippen molar-refractivity contribution in [3.63, 3.8) is 0 Å². The van der Waals surface area contributed by atoms with Gasteiger partial charge in [-0.1, -0.05) is 4.98 Å². The van der Waals surface area contributed by atoms with Gasteiger partial charge in [0.05, 0.1) is 6.61 Å². The number of rotatable bonds is 3. The Hall–Kier alpha value is -1.62. The van der Waals surface area contributed by atoms with Crippen molar-refractivity contribution in [2.75, 3.05) is 6.61 Å². The maximum absolute atomic E-state index is 13.5. The van der Waals surface area contributed by atoms with Gasteiger partial charge in [-0.25, -0.2) is 4.39 Å². The smallest absolute Gasteiger partial charge is 0.394 e. The molecular weight excluding hydrogens is 265 g/mol. The van der Waals surface area contributed by atoms with Crippen molar-refractivity contribution in [3.05, 3.63) is 22.5 Å². The minimum atomic E-state index is -1.99. The third kappa shape index (κ3) is 2.30. The molecule has 1 aromatic heterocycles. The first-order valence-electron chi connectivity index (χ1n) is 5.41. The summed E-state index contributed by atoms with van der Waals surface area (Å²) in [6, 6.07) is 0. The summed E-state index contributed by atoms with van der Waals surface area (Å²) in [5.74, 6) is -0.620. The average molecular weight is 277 g/mol. The summed E-state index contributed by atoms with van der Waals surface area (Å²) in [4.78, 5) is 13.4. The summed E-state index contributed by atoms with van der Waals surface area (Å²) < 4.78 is 19.4. The molecule has 10 heteroatoms. The predicted octanol–water partition coefficient (Wildman–Crippen LogP) is -1.26. The van der Waals surface area contributed by atoms with E-state index in [0.29, 0.717) is 0 Å². The van der Waals surface area contributed by atoms with Crippen LogP contribution in [0.25, 0.3) is 0 Å². The molecule has 19 heavy (non-hydrogen) atoms. The van der Waals surface area contributed by atoms with Crippen LogP contribution in [0.5, 0.6) is 0 Å². The fraction of sp³-hybridized carbons (Fsp3) is 0.667. The van der Waals surface area contributed by atoms with Gasteiger partial charge in [-0.05, 0) is 4.92 Å². The first kappa shape index (κ1) is 13.8. The zero-order valence-corrected chi connectivity index (χ0v) is 9.53. The van der Waals surface area contributed by atoms with Crippen LogP contribution < -0.4 is 0 Å². The maximum Gasteiger partial charge on any atom is 0.436 e. The lowest BCUT2D eigenvalue weighted by atomic mass is 9.99. The van der Waals surface area contributed by atoms with Crippen molar-refractivity contribution in [2.24, 2.45) is 0 Å². The van der Waals surface area contributed by atoms with E-state index in [-0.39, 0.29) is 0 Å². The molecule has 3 unspecified atom stereocenters. The minimum Gasteiger partial charge on any atom is -0.394 e. The summed E-state index contributed by atoms with van der Waals surface area (Å²) in [6.45, 7) is -0.732. The summed E-state index contributed by atoms with van der Waals surface area (Å²) in [6.07, 6.45) is -6.04. The number of ether oxygens (including phenoxy) is 1. The highest BCUT2D eigenvalue weighted by Crippen LogP contribution is 2.31. The average Bonchev–Trinajstić information content (AvgIpc) is 2.85. The van der Waals surface area contributed by atoms with E-state index in [1.165, 1.54) is 0 Å². The standard InChI is InChI=1S/C9H12FN3O6/c10-5-4(3-14)19-8(7(16)6(5)15)12-2-1-11-9(12)13(17)18/h1-2,4-8,14-16H,3H2/t4?,5-,6?,7?,8-/m1/s1. The van der Waals surface area contributed by atoms with E-state index in [1.54, 1.807) is 0 Å². The van der Waals surface area contributed by atoms with Crippen molar-refractivity contribution in [1.82, 2.24) is 9.55 Å². The third-order valence-electron chi connectivity index (χ3n) is 2.90. The molecule has 0 amide bonds. The maximum atomic E-state index is 13.5. The molecule has 5 atom stereocenters. The predicted molar refractivity (Wildman–Crippen MR) is 56.8 cm³/mol. The lowest BCUT2D eigenvalue weighted by Crippen LogP contribution is -2.54. The number of halogens is 1. The van der Waals surface area contributed by atoms with Gasteiger partial charge in [0.2, 0.25) is 6.23 Å². The van der Waals surface area contributed by atoms with Crippen molar-refractivity contribution in [1.29, 1.82) is 0 Å². The van der Waals surface area contributed by atoms with Gasteiger partial charge in [0.25, 0.3) is 0 Å². The molecule has 1 aliphatic rings. The van der Waals surface area contributed by atoms with E-state index in [9.17, 15) is 24.7 Å². The number of aliphatic hydroxyl groups is 3. The van der Waals surface area contributed by atoms with Crippen LogP contribution in [0.2, 0.25) is 0 Å². The largest absolute Gasteiger partial charge is 0.436 e. The second kappa shape index (κ2) is 5.17. The Morgan fingerprint density at radius 2 is 2.21 bits per heavy atom. The Morgan fingerprint density at radius 3 is 2.79 bits per heavy atom. The quantitative estimate of drug-likeness (QED) is 0.464. The first-order valence-corrected chi connectivity index (χ1v) is 5.41. The van der Waals surface area contributed by atoms with E-state index in [2.05, 4.69) is 4.98 Å². The van der Waals surface area contributed by atoms with Gasteiger partial charge < -0.3 is 30.2 Å². The molecule has 0 aliphatic carbocycles. The Kier molecular flexibility index (Phi) is 3.75. The van der Waals surface area contributed by atoms with Crippen LogP contribution in [0.15, 0.2) is 12.4 Å². The number of hydrogen-bond donors (Lipinski definition) is 3. The van der Waals surface area contributed by atoms with Crippen LogP contribution >= 0.6 is 0 Å². The van der Waals surface area contributed by atoms with Crippen LogP contribution in [0.3, 0.4) is 0 Å². The first-order chi connectivity index (χ1) is 8.97. The molecule has 0 radical (unpaired) electrons. The molecule has 106 valence electrons. The van der Waals surface area contributed by atoms with Crippen molar-refractivity contribution >= 4 is 5.95 Å². The molecule has 3 N–H and O–H groups in total. The molecule has 2 heterocycles. The number of aliphatic hydroxyl groups excluding tert-OH is 3. The van der Waals surface area contributed by atoms with Crippen molar-refractivity contribution < 1.29 is 29.4 Å². The Labute approximate surface area is 106 Å². The van der Waals surface area contributed by atoms with E-state index < -0.39 is 48.2 Å². The zero-order chi connectivity index (χ0) is 14.2. The highest BCUT2D eigenvalue weighted by Gasteiger charge is 2.48. The Balaban J connectivity index is 2.32. The minimum absolute atomic E-state index is 0.620. The molecule has 1 aliphatic heterocycles. The number of nitro groups is 1. The fourth-order valence-electron chi connectivity index (χ4n) is 1.93.